The van der Waals surface area contributed by atoms with E-state index in [9.17, 15) is 27.2 Å². The van der Waals surface area contributed by atoms with Gasteiger partial charge < -0.3 is 9.47 Å². The van der Waals surface area contributed by atoms with Crippen LogP contribution in [0, 0.1) is 5.95 Å². The van der Waals surface area contributed by atoms with E-state index in [1.54, 1.807) is 6.07 Å². The number of halogens is 5. The second-order valence-corrected chi connectivity index (χ2v) is 9.91. The molecule has 1 aromatic carbocycles. The predicted molar refractivity (Wildman–Crippen MR) is 121 cm³/mol. The van der Waals surface area contributed by atoms with Gasteiger partial charge in [-0.15, -0.1) is 0 Å². The summed E-state index contributed by atoms with van der Waals surface area (Å²) < 4.78 is 67.0. The fourth-order valence-electron chi connectivity index (χ4n) is 3.33. The van der Waals surface area contributed by atoms with Crippen LogP contribution in [-0.2, 0) is 15.0 Å². The lowest BCUT2D eigenvalue weighted by Gasteiger charge is -2.38. The largest absolute Gasteiger partial charge is 0.451 e. The Kier molecular flexibility index (Phi) is 7.26. The number of aromatic nitrogens is 1. The highest BCUT2D eigenvalue weighted by Gasteiger charge is 2.52. The highest BCUT2D eigenvalue weighted by molar-refractivity contribution is 9.10. The van der Waals surface area contributed by atoms with Gasteiger partial charge in [0.25, 0.3) is 5.91 Å². The molecule has 35 heavy (non-hydrogen) atoms. The summed E-state index contributed by atoms with van der Waals surface area (Å²) in [7, 11) is 0. The number of amidine groups is 1. The summed E-state index contributed by atoms with van der Waals surface area (Å²) in [6.45, 7) is 5.79. The van der Waals surface area contributed by atoms with E-state index < -0.39 is 53.8 Å². The van der Waals surface area contributed by atoms with Crippen molar-refractivity contribution in [1.29, 1.82) is 0 Å². The molecule has 1 aromatic heterocycles. The Morgan fingerprint density at radius 3 is 2.40 bits per heavy atom. The Balaban J connectivity index is 2.20. The SMILES string of the molecule is CC(C)(C)OC(=O)N(C(=O)c1ccccc1)C1=N[C@](C)(c2cc(Br)cnc2F)C[C@@H](C(F)(F)F)O1. The Bertz CT molecular complexity index is 1150. The van der Waals surface area contributed by atoms with Crippen LogP contribution in [0.3, 0.4) is 0 Å². The number of nitrogens with zero attached hydrogens (tertiary/aromatic N) is 3. The van der Waals surface area contributed by atoms with Crippen LogP contribution in [0.5, 0.6) is 0 Å². The van der Waals surface area contributed by atoms with E-state index in [-0.39, 0.29) is 11.1 Å². The minimum absolute atomic E-state index is 0.0317. The van der Waals surface area contributed by atoms with Gasteiger partial charge in [-0.25, -0.2) is 14.8 Å². The maximum absolute atomic E-state index is 14.7. The van der Waals surface area contributed by atoms with E-state index in [0.29, 0.717) is 9.37 Å². The van der Waals surface area contributed by atoms with Crippen LogP contribution in [0.15, 0.2) is 52.1 Å². The fraction of sp³-hybridized carbons (Fsp3) is 0.391. The number of imide groups is 1. The van der Waals surface area contributed by atoms with Crippen LogP contribution in [-0.4, -0.2) is 45.8 Å². The van der Waals surface area contributed by atoms with Crippen LogP contribution >= 0.6 is 15.9 Å². The summed E-state index contributed by atoms with van der Waals surface area (Å²) in [6.07, 6.45) is -8.42. The second-order valence-electron chi connectivity index (χ2n) is 9.00. The Hall–Kier alpha value is -3.02. The van der Waals surface area contributed by atoms with Gasteiger partial charge in [0.1, 0.15) is 5.60 Å². The summed E-state index contributed by atoms with van der Waals surface area (Å²) in [5.74, 6) is -2.09. The predicted octanol–water partition coefficient (Wildman–Crippen LogP) is 5.98. The number of carbonyl (C=O) groups excluding carboxylic acids is 2. The third-order valence-electron chi connectivity index (χ3n) is 4.92. The summed E-state index contributed by atoms with van der Waals surface area (Å²) in [5, 5.41) is 0. The van der Waals surface area contributed by atoms with Gasteiger partial charge in [0.15, 0.2) is 6.10 Å². The number of benzene rings is 1. The number of rotatable bonds is 2. The molecule has 0 N–H and O–H groups in total. The molecule has 2 aromatic rings. The lowest BCUT2D eigenvalue weighted by atomic mass is 9.86. The maximum atomic E-state index is 14.7. The van der Waals surface area contributed by atoms with Gasteiger partial charge >= 0.3 is 18.3 Å². The monoisotopic (exact) mass is 559 g/mol. The van der Waals surface area contributed by atoms with Gasteiger partial charge in [-0.2, -0.15) is 22.5 Å². The summed E-state index contributed by atoms with van der Waals surface area (Å²) >= 11 is 3.13. The molecule has 2 heterocycles. The molecule has 0 radical (unpaired) electrons. The van der Waals surface area contributed by atoms with E-state index in [1.807, 2.05) is 0 Å². The third kappa shape index (κ3) is 6.16. The highest BCUT2D eigenvalue weighted by Crippen LogP contribution is 2.42. The molecule has 1 aliphatic heterocycles. The van der Waals surface area contributed by atoms with Crippen LogP contribution < -0.4 is 0 Å². The Labute approximate surface area is 207 Å². The molecule has 1 aliphatic rings. The summed E-state index contributed by atoms with van der Waals surface area (Å²) in [4.78, 5) is 34.3. The topological polar surface area (TPSA) is 81.1 Å². The first-order valence-corrected chi connectivity index (χ1v) is 11.2. The van der Waals surface area contributed by atoms with Crippen molar-refractivity contribution in [1.82, 2.24) is 9.88 Å². The number of ether oxygens (including phenoxy) is 2. The van der Waals surface area contributed by atoms with E-state index in [0.717, 1.165) is 6.20 Å². The lowest BCUT2D eigenvalue weighted by molar-refractivity contribution is -0.210. The maximum Gasteiger partial charge on any atom is 0.425 e. The van der Waals surface area contributed by atoms with Crippen molar-refractivity contribution in [3.05, 3.63) is 64.1 Å². The molecular weight excluding hydrogens is 538 g/mol. The lowest BCUT2D eigenvalue weighted by Crippen LogP contribution is -2.53. The van der Waals surface area contributed by atoms with Gasteiger partial charge in [-0.3, -0.25) is 4.79 Å². The molecule has 0 saturated carbocycles. The molecule has 0 unspecified atom stereocenters. The zero-order valence-corrected chi connectivity index (χ0v) is 20.8. The van der Waals surface area contributed by atoms with Gasteiger partial charge in [0.2, 0.25) is 5.95 Å². The van der Waals surface area contributed by atoms with E-state index >= 15 is 0 Å². The number of amides is 2. The number of hydrogen-bond donors (Lipinski definition) is 0. The standard InChI is InChI=1S/C23H22BrF4N3O4/c1-21(2,3)35-20(33)31(18(32)13-8-6-5-7-9-13)19-30-22(4,11-16(34-19)23(26,27)28)15-10-14(24)12-29-17(15)25/h5-10,12,16H,11H2,1-4H3/t16-,22-/m0/s1. The minimum atomic E-state index is -4.92. The molecule has 12 heteroatoms. The summed E-state index contributed by atoms with van der Waals surface area (Å²) in [5.41, 5.74) is -3.31. The molecule has 0 aliphatic carbocycles. The third-order valence-corrected chi connectivity index (χ3v) is 5.35. The molecule has 7 nitrogen and oxygen atoms in total. The summed E-state index contributed by atoms with van der Waals surface area (Å²) in [6, 6.07) is 7.62. The molecule has 0 fully saturated rings. The fourth-order valence-corrected chi connectivity index (χ4v) is 3.67. The zero-order chi connectivity index (χ0) is 26.2. The Morgan fingerprint density at radius 2 is 1.83 bits per heavy atom. The molecule has 0 spiro atoms. The van der Waals surface area contributed by atoms with Crippen molar-refractivity contribution >= 4 is 34.0 Å². The average Bonchev–Trinajstić information content (AvgIpc) is 2.74. The average molecular weight is 560 g/mol. The molecule has 2 amide bonds. The number of pyridine rings is 1. The Morgan fingerprint density at radius 1 is 1.20 bits per heavy atom. The van der Waals surface area contributed by atoms with Crippen LogP contribution in [0.4, 0.5) is 22.4 Å². The first-order valence-electron chi connectivity index (χ1n) is 10.4. The van der Waals surface area contributed by atoms with Crippen molar-refractivity contribution in [2.75, 3.05) is 0 Å². The number of carbonyl (C=O) groups is 2. The van der Waals surface area contributed by atoms with E-state index in [2.05, 4.69) is 25.9 Å². The first-order chi connectivity index (χ1) is 16.1. The molecule has 2 atom stereocenters. The molecular formula is C23H22BrF4N3O4. The van der Waals surface area contributed by atoms with E-state index in [1.165, 1.54) is 58.0 Å². The first kappa shape index (κ1) is 26.6. The molecule has 0 saturated heterocycles. The number of hydrogen-bond acceptors (Lipinski definition) is 6. The van der Waals surface area contributed by atoms with E-state index in [4.69, 9.17) is 9.47 Å². The molecule has 3 rings (SSSR count). The van der Waals surface area contributed by atoms with Crippen molar-refractivity contribution < 1.29 is 36.6 Å². The van der Waals surface area contributed by atoms with Gasteiger partial charge in [0.05, 0.1) is 5.54 Å². The van der Waals surface area contributed by atoms with Gasteiger partial charge in [-0.1, -0.05) is 18.2 Å². The van der Waals surface area contributed by atoms with Crippen molar-refractivity contribution in [2.45, 2.75) is 57.5 Å². The van der Waals surface area contributed by atoms with Crippen molar-refractivity contribution in [3.8, 4) is 0 Å². The van der Waals surface area contributed by atoms with Crippen molar-refractivity contribution in [2.24, 2.45) is 4.99 Å². The van der Waals surface area contributed by atoms with Crippen molar-refractivity contribution in [3.63, 3.8) is 0 Å². The molecule has 188 valence electrons. The number of aliphatic imine (C=N–C) groups is 1. The van der Waals surface area contributed by atoms with Crippen LogP contribution in [0.1, 0.15) is 50.0 Å². The quantitative estimate of drug-likeness (QED) is 0.334. The number of alkyl halides is 3. The van der Waals surface area contributed by atoms with Crippen LogP contribution in [0.25, 0.3) is 0 Å². The van der Waals surface area contributed by atoms with Gasteiger partial charge in [-0.05, 0) is 61.8 Å². The molecule has 0 bridgehead atoms. The zero-order valence-electron chi connectivity index (χ0n) is 19.2. The minimum Gasteiger partial charge on any atom is -0.451 e. The normalized spacial score (nSPS) is 20.5. The van der Waals surface area contributed by atoms with Crippen LogP contribution in [0.2, 0.25) is 0 Å². The second kappa shape index (κ2) is 9.56. The highest BCUT2D eigenvalue weighted by atomic mass is 79.9. The smallest absolute Gasteiger partial charge is 0.425 e. The van der Waals surface area contributed by atoms with Gasteiger partial charge in [0, 0.05) is 28.2 Å².